The zero-order valence-corrected chi connectivity index (χ0v) is 9.37. The molecule has 3 nitrogen and oxygen atoms in total. The second kappa shape index (κ2) is 3.28. The fourth-order valence-corrected chi connectivity index (χ4v) is 4.81. The van der Waals surface area contributed by atoms with Crippen molar-refractivity contribution in [3.8, 4) is 0 Å². The molecule has 0 unspecified atom stereocenters. The van der Waals surface area contributed by atoms with Gasteiger partial charge in [0.25, 0.3) is 0 Å². The quantitative estimate of drug-likeness (QED) is 0.804. The van der Waals surface area contributed by atoms with Crippen LogP contribution in [0.2, 0.25) is 0 Å². The lowest BCUT2D eigenvalue weighted by molar-refractivity contribution is 0.294. The summed E-state index contributed by atoms with van der Waals surface area (Å²) in [5, 5.41) is -0.307. The lowest BCUT2D eigenvalue weighted by Crippen LogP contribution is -2.41. The van der Waals surface area contributed by atoms with E-state index in [-0.39, 0.29) is 22.9 Å². The molecule has 0 spiro atoms. The molecule has 2 aliphatic rings. The van der Waals surface area contributed by atoms with Crippen LogP contribution in [0.4, 0.5) is 4.39 Å². The van der Waals surface area contributed by atoms with Gasteiger partial charge in [-0.15, -0.1) is 0 Å². The van der Waals surface area contributed by atoms with Crippen molar-refractivity contribution >= 4 is 10.0 Å². The molecule has 86 valence electrons. The number of fused-ring (bicyclic) bond motifs is 1. The van der Waals surface area contributed by atoms with Crippen molar-refractivity contribution in [2.24, 2.45) is 5.92 Å². The van der Waals surface area contributed by atoms with Crippen molar-refractivity contribution in [1.29, 1.82) is 0 Å². The van der Waals surface area contributed by atoms with Crippen molar-refractivity contribution in [3.63, 3.8) is 0 Å². The first-order chi connectivity index (χ1) is 7.58. The molecular weight excluding hydrogens is 229 g/mol. The highest BCUT2D eigenvalue weighted by Crippen LogP contribution is 2.48. The molecular formula is C11H12FNO2S. The van der Waals surface area contributed by atoms with Crippen LogP contribution in [0.3, 0.4) is 0 Å². The number of rotatable bonds is 1. The Morgan fingerprint density at radius 1 is 1.25 bits per heavy atom. The average molecular weight is 241 g/mol. The fourth-order valence-electron chi connectivity index (χ4n) is 2.75. The average Bonchev–Trinajstić information content (AvgIpc) is 2.39. The molecule has 1 aromatic rings. The Morgan fingerprint density at radius 3 is 2.56 bits per heavy atom. The van der Waals surface area contributed by atoms with Gasteiger partial charge >= 0.3 is 0 Å². The minimum atomic E-state index is -3.14. The Hall–Kier alpha value is -0.940. The minimum absolute atomic E-state index is 0.0330. The third kappa shape index (κ3) is 1.38. The van der Waals surface area contributed by atoms with E-state index in [0.29, 0.717) is 6.54 Å². The van der Waals surface area contributed by atoms with E-state index in [0.717, 1.165) is 12.0 Å². The van der Waals surface area contributed by atoms with Crippen molar-refractivity contribution < 1.29 is 12.8 Å². The van der Waals surface area contributed by atoms with E-state index < -0.39 is 10.0 Å². The standard InChI is InChI=1S/C11H12FNO2S/c12-9-3-1-7(2-4-9)10-5-8-6-13-16(14,15)11(8)10/h1-4,8,10-11,13H,5-6H2/t8-,10-,11+/m0/s1. The molecule has 16 heavy (non-hydrogen) atoms. The predicted octanol–water partition coefficient (Wildman–Crippen LogP) is 1.23. The molecule has 3 atom stereocenters. The molecule has 0 bridgehead atoms. The van der Waals surface area contributed by atoms with Crippen LogP contribution in [0.25, 0.3) is 0 Å². The normalized spacial score (nSPS) is 35.4. The molecule has 1 aliphatic carbocycles. The second-order valence-electron chi connectivity index (χ2n) is 4.51. The third-order valence-corrected chi connectivity index (χ3v) is 5.62. The largest absolute Gasteiger partial charge is 0.215 e. The van der Waals surface area contributed by atoms with Gasteiger partial charge in [0.15, 0.2) is 0 Å². The molecule has 2 fully saturated rings. The van der Waals surface area contributed by atoms with Crippen molar-refractivity contribution in [2.75, 3.05) is 6.54 Å². The van der Waals surface area contributed by atoms with Gasteiger partial charge < -0.3 is 0 Å². The Labute approximate surface area is 93.7 Å². The summed E-state index contributed by atoms with van der Waals surface area (Å²) in [5.41, 5.74) is 0.926. The smallest absolute Gasteiger partial charge is 0.215 e. The van der Waals surface area contributed by atoms with Gasteiger partial charge in [0.1, 0.15) is 5.82 Å². The van der Waals surface area contributed by atoms with Gasteiger partial charge in [-0.1, -0.05) is 12.1 Å². The first-order valence-corrected chi connectivity index (χ1v) is 6.86. The molecule has 1 saturated carbocycles. The van der Waals surface area contributed by atoms with Gasteiger partial charge in [-0.25, -0.2) is 17.5 Å². The third-order valence-electron chi connectivity index (χ3n) is 3.62. The van der Waals surface area contributed by atoms with E-state index in [9.17, 15) is 12.8 Å². The number of sulfonamides is 1. The molecule has 5 heteroatoms. The van der Waals surface area contributed by atoms with Gasteiger partial charge in [0, 0.05) is 12.5 Å². The van der Waals surface area contributed by atoms with E-state index in [1.165, 1.54) is 12.1 Å². The van der Waals surface area contributed by atoms with Crippen molar-refractivity contribution in [3.05, 3.63) is 35.6 Å². The highest BCUT2D eigenvalue weighted by Gasteiger charge is 2.53. The Bertz CT molecular complexity index is 511. The van der Waals surface area contributed by atoms with Crippen LogP contribution in [0, 0.1) is 11.7 Å². The highest BCUT2D eigenvalue weighted by atomic mass is 32.2. The lowest BCUT2D eigenvalue weighted by Gasteiger charge is -2.38. The molecule has 3 rings (SSSR count). The first-order valence-electron chi connectivity index (χ1n) is 5.32. The molecule has 1 heterocycles. The van der Waals surface area contributed by atoms with Crippen molar-refractivity contribution in [2.45, 2.75) is 17.6 Å². The van der Waals surface area contributed by atoms with Gasteiger partial charge in [0.05, 0.1) is 5.25 Å². The van der Waals surface area contributed by atoms with Crippen molar-refractivity contribution in [1.82, 2.24) is 4.72 Å². The topological polar surface area (TPSA) is 46.2 Å². The summed E-state index contributed by atoms with van der Waals surface area (Å²) in [6, 6.07) is 6.14. The van der Waals surface area contributed by atoms with Crippen LogP contribution >= 0.6 is 0 Å². The molecule has 0 aromatic heterocycles. The Kier molecular flexibility index (Phi) is 2.09. The van der Waals surface area contributed by atoms with Crippen LogP contribution in [-0.2, 0) is 10.0 Å². The molecule has 1 saturated heterocycles. The van der Waals surface area contributed by atoms with E-state index in [2.05, 4.69) is 4.72 Å². The van der Waals surface area contributed by atoms with Crippen LogP contribution in [0.5, 0.6) is 0 Å². The van der Waals surface area contributed by atoms with Crippen LogP contribution < -0.4 is 4.72 Å². The molecule has 0 amide bonds. The zero-order valence-electron chi connectivity index (χ0n) is 8.56. The maximum Gasteiger partial charge on any atom is 0.215 e. The summed E-state index contributed by atoms with van der Waals surface area (Å²) in [6.07, 6.45) is 0.878. The van der Waals surface area contributed by atoms with E-state index in [1.54, 1.807) is 12.1 Å². The zero-order chi connectivity index (χ0) is 11.3. The summed E-state index contributed by atoms with van der Waals surface area (Å²) in [4.78, 5) is 0. The lowest BCUT2D eigenvalue weighted by atomic mass is 9.71. The number of hydrogen-bond donors (Lipinski definition) is 1. The van der Waals surface area contributed by atoms with E-state index in [4.69, 9.17) is 0 Å². The Balaban J connectivity index is 1.91. The summed E-state index contributed by atoms with van der Waals surface area (Å²) in [6.45, 7) is 0.560. The molecule has 1 aliphatic heterocycles. The van der Waals surface area contributed by atoms with Crippen LogP contribution in [-0.4, -0.2) is 20.2 Å². The SMILES string of the molecule is O=S1(=O)NC[C@@H]2C[C@@H](c3ccc(F)cc3)[C@@H]21. The number of halogens is 1. The molecule has 0 radical (unpaired) electrons. The summed E-state index contributed by atoms with van der Waals surface area (Å²) in [5.74, 6) is -0.0160. The van der Waals surface area contributed by atoms with Gasteiger partial charge in [-0.2, -0.15) is 0 Å². The predicted molar refractivity (Wildman–Crippen MR) is 58.0 cm³/mol. The maximum atomic E-state index is 12.8. The minimum Gasteiger partial charge on any atom is -0.215 e. The number of benzene rings is 1. The first kappa shape index (κ1) is 10.2. The van der Waals surface area contributed by atoms with Gasteiger partial charge in [-0.05, 0) is 30.0 Å². The number of hydrogen-bond acceptors (Lipinski definition) is 2. The second-order valence-corrected chi connectivity index (χ2v) is 6.43. The Morgan fingerprint density at radius 2 is 1.94 bits per heavy atom. The number of nitrogens with one attached hydrogen (secondary N) is 1. The monoisotopic (exact) mass is 241 g/mol. The maximum absolute atomic E-state index is 12.8. The van der Waals surface area contributed by atoms with Gasteiger partial charge in [0.2, 0.25) is 10.0 Å². The van der Waals surface area contributed by atoms with Crippen LogP contribution in [0.1, 0.15) is 17.9 Å². The van der Waals surface area contributed by atoms with Gasteiger partial charge in [-0.3, -0.25) is 0 Å². The van der Waals surface area contributed by atoms with Crippen LogP contribution in [0.15, 0.2) is 24.3 Å². The van der Waals surface area contributed by atoms with E-state index in [1.807, 2.05) is 0 Å². The summed E-state index contributed by atoms with van der Waals surface area (Å²) < 4.78 is 38.7. The summed E-state index contributed by atoms with van der Waals surface area (Å²) >= 11 is 0. The van der Waals surface area contributed by atoms with E-state index >= 15 is 0 Å². The molecule has 1 N–H and O–H groups in total. The summed E-state index contributed by atoms with van der Waals surface area (Å²) in [7, 11) is -3.14. The molecule has 1 aromatic carbocycles. The fraction of sp³-hybridized carbons (Fsp3) is 0.455. The highest BCUT2D eigenvalue weighted by molar-refractivity contribution is 7.90.